The van der Waals surface area contributed by atoms with E-state index in [1.54, 1.807) is 36.4 Å². The second-order valence-electron chi connectivity index (χ2n) is 5.46. The maximum atomic E-state index is 12.5. The molecule has 0 aliphatic heterocycles. The molecule has 3 rings (SSSR count). The summed E-state index contributed by atoms with van der Waals surface area (Å²) < 4.78 is 5.59. The Labute approximate surface area is 144 Å². The maximum absolute atomic E-state index is 12.5. The van der Waals surface area contributed by atoms with E-state index in [1.807, 2.05) is 18.2 Å². The standard InChI is InChI=1S/C19H18N2O4/c22-11-10-21(15-4-2-1-3-5-15)19(24)13-25-16-7-8-17-14(12-16)6-9-18(23)20-17/h1-9,12,22H,10-11,13H2,(H,20,23). The van der Waals surface area contributed by atoms with Crippen molar-refractivity contribution < 1.29 is 14.6 Å². The molecule has 2 aromatic carbocycles. The van der Waals surface area contributed by atoms with Crippen molar-refractivity contribution in [1.29, 1.82) is 0 Å². The minimum atomic E-state index is -0.248. The van der Waals surface area contributed by atoms with Crippen LogP contribution in [0, 0.1) is 0 Å². The Morgan fingerprint density at radius 2 is 1.88 bits per heavy atom. The van der Waals surface area contributed by atoms with Crippen molar-refractivity contribution in [2.24, 2.45) is 0 Å². The van der Waals surface area contributed by atoms with E-state index >= 15 is 0 Å². The molecule has 25 heavy (non-hydrogen) atoms. The van der Waals surface area contributed by atoms with Gasteiger partial charge in [0, 0.05) is 29.2 Å². The summed E-state index contributed by atoms with van der Waals surface area (Å²) in [5, 5.41) is 10.0. The Balaban J connectivity index is 1.72. The molecule has 2 N–H and O–H groups in total. The van der Waals surface area contributed by atoms with Crippen molar-refractivity contribution in [3.8, 4) is 5.75 Å². The number of amides is 1. The normalized spacial score (nSPS) is 10.6. The van der Waals surface area contributed by atoms with Crippen LogP contribution in [0.1, 0.15) is 0 Å². The van der Waals surface area contributed by atoms with Gasteiger partial charge in [-0.2, -0.15) is 0 Å². The highest BCUT2D eigenvalue weighted by atomic mass is 16.5. The fraction of sp³-hybridized carbons (Fsp3) is 0.158. The van der Waals surface area contributed by atoms with Gasteiger partial charge in [0.25, 0.3) is 5.91 Å². The van der Waals surface area contributed by atoms with Crippen LogP contribution in [0.15, 0.2) is 65.5 Å². The van der Waals surface area contributed by atoms with Gasteiger partial charge in [0.1, 0.15) is 5.75 Å². The average Bonchev–Trinajstić information content (AvgIpc) is 2.64. The van der Waals surface area contributed by atoms with Crippen molar-refractivity contribution in [2.45, 2.75) is 0 Å². The van der Waals surface area contributed by atoms with Gasteiger partial charge in [-0.05, 0) is 36.4 Å². The van der Waals surface area contributed by atoms with Crippen LogP contribution in [0.3, 0.4) is 0 Å². The minimum absolute atomic E-state index is 0.135. The number of carbonyl (C=O) groups is 1. The molecule has 1 heterocycles. The third-order valence-electron chi connectivity index (χ3n) is 3.75. The number of ether oxygens (including phenoxy) is 1. The summed E-state index contributed by atoms with van der Waals surface area (Å²) in [6.07, 6.45) is 0. The zero-order valence-electron chi connectivity index (χ0n) is 13.5. The lowest BCUT2D eigenvalue weighted by atomic mass is 10.2. The van der Waals surface area contributed by atoms with E-state index in [9.17, 15) is 14.7 Å². The average molecular weight is 338 g/mol. The topological polar surface area (TPSA) is 82.6 Å². The molecule has 0 fully saturated rings. The zero-order chi connectivity index (χ0) is 17.6. The Morgan fingerprint density at radius 3 is 2.64 bits per heavy atom. The molecule has 0 radical (unpaired) electrons. The van der Waals surface area contributed by atoms with Crippen molar-refractivity contribution in [3.05, 3.63) is 71.0 Å². The quantitative estimate of drug-likeness (QED) is 0.719. The number of benzene rings is 2. The summed E-state index contributed by atoms with van der Waals surface area (Å²) in [4.78, 5) is 28.0. The predicted octanol–water partition coefficient (Wildman–Crippen LogP) is 1.93. The van der Waals surface area contributed by atoms with Crippen molar-refractivity contribution in [1.82, 2.24) is 4.98 Å². The molecule has 0 unspecified atom stereocenters. The summed E-state index contributed by atoms with van der Waals surface area (Å²) >= 11 is 0. The molecule has 6 heteroatoms. The van der Waals surface area contributed by atoms with E-state index in [2.05, 4.69) is 4.98 Å². The monoisotopic (exact) mass is 338 g/mol. The van der Waals surface area contributed by atoms with Crippen LogP contribution < -0.4 is 15.2 Å². The molecule has 0 saturated carbocycles. The van der Waals surface area contributed by atoms with Crippen LogP contribution in [0.4, 0.5) is 5.69 Å². The lowest BCUT2D eigenvalue weighted by molar-refractivity contribution is -0.120. The Bertz CT molecular complexity index is 921. The van der Waals surface area contributed by atoms with Gasteiger partial charge in [0.05, 0.1) is 6.61 Å². The number of aromatic amines is 1. The largest absolute Gasteiger partial charge is 0.484 e. The maximum Gasteiger partial charge on any atom is 0.264 e. The summed E-state index contributed by atoms with van der Waals surface area (Å²) in [6, 6.07) is 17.5. The molecule has 0 saturated heterocycles. The van der Waals surface area contributed by atoms with E-state index in [0.717, 1.165) is 5.39 Å². The first-order valence-electron chi connectivity index (χ1n) is 7.89. The second kappa shape index (κ2) is 7.63. The number of hydrogen-bond acceptors (Lipinski definition) is 4. The molecule has 3 aromatic rings. The van der Waals surface area contributed by atoms with Gasteiger partial charge in [-0.25, -0.2) is 0 Å². The van der Waals surface area contributed by atoms with Crippen LogP contribution >= 0.6 is 0 Å². The lowest BCUT2D eigenvalue weighted by Crippen LogP contribution is -2.37. The van der Waals surface area contributed by atoms with E-state index in [-0.39, 0.29) is 31.2 Å². The third-order valence-corrected chi connectivity index (χ3v) is 3.75. The molecule has 0 spiro atoms. The van der Waals surface area contributed by atoms with Gasteiger partial charge in [-0.15, -0.1) is 0 Å². The number of fused-ring (bicyclic) bond motifs is 1. The van der Waals surface area contributed by atoms with E-state index in [0.29, 0.717) is 17.0 Å². The molecule has 0 bridgehead atoms. The smallest absolute Gasteiger partial charge is 0.264 e. The Morgan fingerprint density at radius 1 is 1.08 bits per heavy atom. The number of nitrogens with one attached hydrogen (secondary N) is 1. The highest BCUT2D eigenvalue weighted by Crippen LogP contribution is 2.19. The molecule has 6 nitrogen and oxygen atoms in total. The first kappa shape index (κ1) is 16.7. The van der Waals surface area contributed by atoms with Crippen LogP contribution in [0.5, 0.6) is 5.75 Å². The van der Waals surface area contributed by atoms with E-state index in [1.165, 1.54) is 11.0 Å². The van der Waals surface area contributed by atoms with Gasteiger partial charge in [0.15, 0.2) is 6.61 Å². The fourth-order valence-electron chi connectivity index (χ4n) is 2.55. The summed E-state index contributed by atoms with van der Waals surface area (Å²) in [5.74, 6) is 0.284. The molecule has 1 aromatic heterocycles. The first-order chi connectivity index (χ1) is 12.2. The highest BCUT2D eigenvalue weighted by Gasteiger charge is 2.15. The fourth-order valence-corrected chi connectivity index (χ4v) is 2.55. The molecule has 1 amide bonds. The van der Waals surface area contributed by atoms with Crippen LogP contribution in [-0.2, 0) is 4.79 Å². The number of aliphatic hydroxyl groups is 1. The lowest BCUT2D eigenvalue weighted by Gasteiger charge is -2.22. The molecule has 0 aliphatic rings. The Hall–Kier alpha value is -3.12. The van der Waals surface area contributed by atoms with Crippen LogP contribution in [0.25, 0.3) is 10.9 Å². The summed E-state index contributed by atoms with van der Waals surface area (Å²) in [5.41, 5.74) is 1.25. The molecular weight excluding hydrogens is 320 g/mol. The number of carbonyl (C=O) groups excluding carboxylic acids is 1. The zero-order valence-corrected chi connectivity index (χ0v) is 13.5. The van der Waals surface area contributed by atoms with Gasteiger partial charge in [-0.1, -0.05) is 18.2 Å². The highest BCUT2D eigenvalue weighted by molar-refractivity contribution is 5.94. The van der Waals surface area contributed by atoms with Gasteiger partial charge in [0.2, 0.25) is 5.56 Å². The van der Waals surface area contributed by atoms with Gasteiger partial charge in [-0.3, -0.25) is 9.59 Å². The summed E-state index contributed by atoms with van der Waals surface area (Å²) in [7, 11) is 0. The molecular formula is C19H18N2O4. The predicted molar refractivity (Wildman–Crippen MR) is 95.9 cm³/mol. The van der Waals surface area contributed by atoms with Gasteiger partial charge < -0.3 is 19.7 Å². The number of pyridine rings is 1. The third kappa shape index (κ3) is 4.05. The van der Waals surface area contributed by atoms with E-state index < -0.39 is 0 Å². The Kier molecular flexibility index (Phi) is 5.11. The minimum Gasteiger partial charge on any atom is -0.484 e. The van der Waals surface area contributed by atoms with Crippen LogP contribution in [-0.4, -0.2) is 35.8 Å². The van der Waals surface area contributed by atoms with Crippen molar-refractivity contribution in [2.75, 3.05) is 24.7 Å². The van der Waals surface area contributed by atoms with Crippen LogP contribution in [0.2, 0.25) is 0 Å². The SMILES string of the molecule is O=C(COc1ccc2[nH]c(=O)ccc2c1)N(CCO)c1ccccc1. The molecule has 128 valence electrons. The molecule has 0 aliphatic carbocycles. The second-order valence-corrected chi connectivity index (χ2v) is 5.46. The number of nitrogens with zero attached hydrogens (tertiary/aromatic N) is 1. The first-order valence-corrected chi connectivity index (χ1v) is 7.89. The van der Waals surface area contributed by atoms with E-state index in [4.69, 9.17) is 4.74 Å². The number of hydrogen-bond donors (Lipinski definition) is 2. The number of rotatable bonds is 6. The molecule has 0 atom stereocenters. The number of anilines is 1. The number of aliphatic hydroxyl groups excluding tert-OH is 1. The number of H-pyrrole nitrogens is 1. The van der Waals surface area contributed by atoms with Crippen molar-refractivity contribution >= 4 is 22.5 Å². The summed E-state index contributed by atoms with van der Waals surface area (Å²) in [6.45, 7) is -0.0844. The van der Waals surface area contributed by atoms with Crippen molar-refractivity contribution in [3.63, 3.8) is 0 Å². The van der Waals surface area contributed by atoms with Gasteiger partial charge >= 0.3 is 0 Å². The number of para-hydroxylation sites is 1. The number of aromatic nitrogens is 1.